The maximum absolute atomic E-state index is 13.9. The van der Waals surface area contributed by atoms with Gasteiger partial charge < -0.3 is 15.4 Å². The third-order valence-corrected chi connectivity index (χ3v) is 4.95. The van der Waals surface area contributed by atoms with E-state index in [1.807, 2.05) is 24.3 Å². The number of hydrogen-bond acceptors (Lipinski definition) is 3. The molecule has 1 unspecified atom stereocenters. The van der Waals surface area contributed by atoms with E-state index in [2.05, 4.69) is 15.5 Å². The molecule has 2 amide bonds. The second-order valence-electron chi connectivity index (χ2n) is 6.46. The van der Waals surface area contributed by atoms with Crippen molar-refractivity contribution in [3.63, 3.8) is 0 Å². The first-order valence-corrected chi connectivity index (χ1v) is 9.33. The fourth-order valence-corrected chi connectivity index (χ4v) is 3.54. The van der Waals surface area contributed by atoms with Crippen molar-refractivity contribution >= 4 is 23.3 Å². The maximum atomic E-state index is 13.9. The van der Waals surface area contributed by atoms with Gasteiger partial charge in [-0.2, -0.15) is 0 Å². The van der Waals surface area contributed by atoms with Gasteiger partial charge in [0.05, 0.1) is 18.8 Å². The van der Waals surface area contributed by atoms with Crippen molar-refractivity contribution in [1.29, 1.82) is 0 Å². The Bertz CT molecular complexity index is 797. The van der Waals surface area contributed by atoms with Crippen LogP contribution in [0.4, 0.5) is 14.9 Å². The van der Waals surface area contributed by atoms with Crippen LogP contribution in [0.5, 0.6) is 5.75 Å². The van der Waals surface area contributed by atoms with Crippen LogP contribution in [0.15, 0.2) is 42.5 Å². The van der Waals surface area contributed by atoms with Gasteiger partial charge in [0, 0.05) is 17.1 Å². The van der Waals surface area contributed by atoms with E-state index < -0.39 is 11.8 Å². The highest BCUT2D eigenvalue weighted by Gasteiger charge is 2.26. The fourth-order valence-electron chi connectivity index (χ4n) is 3.38. The average molecular weight is 392 g/mol. The minimum Gasteiger partial charge on any atom is -0.496 e. The number of hydrogen-bond donors (Lipinski definition) is 2. The van der Waals surface area contributed by atoms with Crippen molar-refractivity contribution < 1.29 is 13.9 Å². The molecule has 7 heteroatoms. The number of rotatable bonds is 6. The van der Waals surface area contributed by atoms with Crippen LogP contribution in [0.2, 0.25) is 5.02 Å². The Morgan fingerprint density at radius 3 is 2.70 bits per heavy atom. The van der Waals surface area contributed by atoms with E-state index in [1.54, 1.807) is 7.11 Å². The number of amides is 2. The largest absolute Gasteiger partial charge is 0.496 e. The Labute approximate surface area is 163 Å². The summed E-state index contributed by atoms with van der Waals surface area (Å²) in [6.07, 6.45) is 2.27. The van der Waals surface area contributed by atoms with Gasteiger partial charge in [-0.3, -0.25) is 4.90 Å². The van der Waals surface area contributed by atoms with Gasteiger partial charge in [-0.1, -0.05) is 29.8 Å². The van der Waals surface area contributed by atoms with E-state index in [4.69, 9.17) is 16.3 Å². The Morgan fingerprint density at radius 1 is 1.26 bits per heavy atom. The zero-order chi connectivity index (χ0) is 19.2. The zero-order valence-corrected chi connectivity index (χ0v) is 15.9. The van der Waals surface area contributed by atoms with Crippen LogP contribution in [0, 0.1) is 5.82 Å². The number of halogens is 2. The first-order valence-electron chi connectivity index (χ1n) is 8.95. The Morgan fingerprint density at radius 2 is 2.00 bits per heavy atom. The lowest BCUT2D eigenvalue weighted by atomic mass is 10.0. The molecular weight excluding hydrogens is 369 g/mol. The molecule has 2 aromatic rings. The Hall–Kier alpha value is -2.31. The molecular formula is C20H23ClFN3O2. The lowest BCUT2D eigenvalue weighted by molar-refractivity contribution is 0.224. The summed E-state index contributed by atoms with van der Waals surface area (Å²) < 4.78 is 19.4. The summed E-state index contributed by atoms with van der Waals surface area (Å²) in [5.74, 6) is 0.221. The molecule has 0 saturated carbocycles. The zero-order valence-electron chi connectivity index (χ0n) is 15.2. The Balaban J connectivity index is 1.70. The van der Waals surface area contributed by atoms with Crippen molar-refractivity contribution in [2.75, 3.05) is 32.1 Å². The van der Waals surface area contributed by atoms with Gasteiger partial charge in [-0.25, -0.2) is 9.18 Å². The second kappa shape index (κ2) is 9.06. The molecule has 1 heterocycles. The van der Waals surface area contributed by atoms with E-state index in [1.165, 1.54) is 18.2 Å². The summed E-state index contributed by atoms with van der Waals surface area (Å²) in [5.41, 5.74) is 1.12. The minimum atomic E-state index is -0.571. The van der Waals surface area contributed by atoms with E-state index in [9.17, 15) is 9.18 Å². The molecule has 144 valence electrons. The molecule has 2 N–H and O–H groups in total. The molecule has 3 rings (SSSR count). The smallest absolute Gasteiger partial charge is 0.319 e. The SMILES string of the molecule is COc1ccccc1C(CNC(=O)Nc1ccc(Cl)cc1F)N1CCCC1. The van der Waals surface area contributed by atoms with Crippen molar-refractivity contribution in [2.45, 2.75) is 18.9 Å². The molecule has 1 atom stereocenters. The number of benzene rings is 2. The summed E-state index contributed by atoms with van der Waals surface area (Å²) in [6, 6.07) is 11.5. The molecule has 0 spiro atoms. The van der Waals surface area contributed by atoms with Crippen LogP contribution in [0.1, 0.15) is 24.4 Å². The first-order chi connectivity index (χ1) is 13.1. The number of likely N-dealkylation sites (tertiary alicyclic amines) is 1. The molecule has 0 radical (unpaired) electrons. The lowest BCUT2D eigenvalue weighted by Gasteiger charge is -2.29. The number of nitrogens with zero attached hydrogens (tertiary/aromatic N) is 1. The number of anilines is 1. The molecule has 5 nitrogen and oxygen atoms in total. The van der Waals surface area contributed by atoms with Crippen LogP contribution in [0.3, 0.4) is 0 Å². The van der Waals surface area contributed by atoms with Crippen LogP contribution in [-0.2, 0) is 0 Å². The van der Waals surface area contributed by atoms with E-state index in [0.29, 0.717) is 6.54 Å². The van der Waals surface area contributed by atoms with Crippen molar-refractivity contribution in [3.05, 3.63) is 58.9 Å². The molecule has 1 fully saturated rings. The average Bonchev–Trinajstić information content (AvgIpc) is 3.19. The predicted octanol–water partition coefficient (Wildman–Crippen LogP) is 4.45. The maximum Gasteiger partial charge on any atom is 0.319 e. The van der Waals surface area contributed by atoms with Gasteiger partial charge in [0.15, 0.2) is 0 Å². The van der Waals surface area contributed by atoms with Crippen molar-refractivity contribution in [2.24, 2.45) is 0 Å². The number of carbonyl (C=O) groups excluding carboxylic acids is 1. The molecule has 1 aliphatic heterocycles. The number of methoxy groups -OCH3 is 1. The highest BCUT2D eigenvalue weighted by atomic mass is 35.5. The van der Waals surface area contributed by atoms with Crippen LogP contribution < -0.4 is 15.4 Å². The van der Waals surface area contributed by atoms with Gasteiger partial charge in [0.1, 0.15) is 11.6 Å². The highest BCUT2D eigenvalue weighted by molar-refractivity contribution is 6.30. The normalized spacial score (nSPS) is 15.4. The van der Waals surface area contributed by atoms with Crippen LogP contribution >= 0.6 is 11.6 Å². The van der Waals surface area contributed by atoms with E-state index >= 15 is 0 Å². The molecule has 2 aromatic carbocycles. The van der Waals surface area contributed by atoms with E-state index in [-0.39, 0.29) is 16.8 Å². The molecule has 27 heavy (non-hydrogen) atoms. The van der Waals surface area contributed by atoms with Gasteiger partial charge >= 0.3 is 6.03 Å². The molecule has 0 aromatic heterocycles. The number of urea groups is 1. The standard InChI is InChI=1S/C20H23ClFN3O2/c1-27-19-7-3-2-6-15(19)18(25-10-4-5-11-25)13-23-20(26)24-17-9-8-14(21)12-16(17)22/h2-3,6-9,12,18H,4-5,10-11,13H2,1H3,(H2,23,24,26). The summed E-state index contributed by atoms with van der Waals surface area (Å²) >= 11 is 5.74. The molecule has 0 aliphatic carbocycles. The Kier molecular flexibility index (Phi) is 6.53. The monoisotopic (exact) mass is 391 g/mol. The van der Waals surface area contributed by atoms with Gasteiger partial charge in [0.2, 0.25) is 0 Å². The molecule has 0 bridgehead atoms. The minimum absolute atomic E-state index is 0.00975. The lowest BCUT2D eigenvalue weighted by Crippen LogP contribution is -2.38. The third-order valence-electron chi connectivity index (χ3n) is 4.71. The second-order valence-corrected chi connectivity index (χ2v) is 6.90. The summed E-state index contributed by atoms with van der Waals surface area (Å²) in [5, 5.41) is 5.66. The third kappa shape index (κ3) is 4.90. The number of para-hydroxylation sites is 1. The summed E-state index contributed by atoms with van der Waals surface area (Å²) in [4.78, 5) is 14.6. The predicted molar refractivity (Wildman–Crippen MR) is 105 cm³/mol. The van der Waals surface area contributed by atoms with Gasteiger partial charge in [-0.15, -0.1) is 0 Å². The quantitative estimate of drug-likeness (QED) is 0.765. The van der Waals surface area contributed by atoms with Crippen molar-refractivity contribution in [3.8, 4) is 5.75 Å². The summed E-state index contributed by atoms with van der Waals surface area (Å²) in [7, 11) is 1.64. The van der Waals surface area contributed by atoms with Crippen molar-refractivity contribution in [1.82, 2.24) is 10.2 Å². The van der Waals surface area contributed by atoms with E-state index in [0.717, 1.165) is 37.2 Å². The first kappa shape index (κ1) is 19.5. The van der Waals surface area contributed by atoms with Gasteiger partial charge in [0.25, 0.3) is 0 Å². The van der Waals surface area contributed by atoms with Gasteiger partial charge in [-0.05, 0) is 50.2 Å². The molecule has 1 saturated heterocycles. The molecule has 1 aliphatic rings. The number of carbonyl (C=O) groups is 1. The van der Waals surface area contributed by atoms with Crippen LogP contribution in [0.25, 0.3) is 0 Å². The number of ether oxygens (including phenoxy) is 1. The number of nitrogens with one attached hydrogen (secondary N) is 2. The fraction of sp³-hybridized carbons (Fsp3) is 0.350. The summed E-state index contributed by atoms with van der Waals surface area (Å²) in [6.45, 7) is 2.33. The van der Waals surface area contributed by atoms with Crippen LogP contribution in [-0.4, -0.2) is 37.7 Å². The highest BCUT2D eigenvalue weighted by Crippen LogP contribution is 2.31. The topological polar surface area (TPSA) is 53.6 Å².